The first-order valence-electron chi connectivity index (χ1n) is 4.62. The molecule has 0 aromatic heterocycles. The van der Waals surface area contributed by atoms with Crippen molar-refractivity contribution < 1.29 is 4.79 Å². The van der Waals surface area contributed by atoms with E-state index < -0.39 is 0 Å². The zero-order valence-corrected chi connectivity index (χ0v) is 7.79. The molecule has 2 heterocycles. The first kappa shape index (κ1) is 8.05. The molecule has 0 aromatic carbocycles. The summed E-state index contributed by atoms with van der Waals surface area (Å²) >= 11 is 0. The van der Waals surface area contributed by atoms with Crippen molar-refractivity contribution in [3.8, 4) is 0 Å². The summed E-state index contributed by atoms with van der Waals surface area (Å²) in [6.45, 7) is 4.90. The minimum atomic E-state index is 0.248. The quantitative estimate of drug-likeness (QED) is 0.515. The van der Waals surface area contributed by atoms with Crippen molar-refractivity contribution in [3.05, 3.63) is 0 Å². The topological polar surface area (TPSA) is 23.6 Å². The second-order valence-corrected chi connectivity index (χ2v) is 4.15. The van der Waals surface area contributed by atoms with Crippen LogP contribution in [0.1, 0.15) is 13.3 Å². The van der Waals surface area contributed by atoms with Gasteiger partial charge >= 0.3 is 0 Å². The molecule has 12 heavy (non-hydrogen) atoms. The van der Waals surface area contributed by atoms with Crippen molar-refractivity contribution in [2.75, 3.05) is 26.7 Å². The van der Waals surface area contributed by atoms with Crippen molar-refractivity contribution in [1.29, 1.82) is 0 Å². The second kappa shape index (κ2) is 2.73. The Morgan fingerprint density at radius 3 is 2.75 bits per heavy atom. The summed E-state index contributed by atoms with van der Waals surface area (Å²) in [6.07, 6.45) is 1.23. The van der Waals surface area contributed by atoms with Gasteiger partial charge in [-0.1, -0.05) is 0 Å². The van der Waals surface area contributed by atoms with Crippen LogP contribution in [0.2, 0.25) is 0 Å². The summed E-state index contributed by atoms with van der Waals surface area (Å²) in [7, 11) is 2.14. The highest BCUT2D eigenvalue weighted by atomic mass is 16.2. The summed E-state index contributed by atoms with van der Waals surface area (Å²) in [5.41, 5.74) is 0. The standard InChI is InChI=1S/C9H16N2O/c1-7(12)11-5-8-3-9(11)6-10(2)4-8/h8-9H,3-6H2,1-2H3. The molecule has 2 saturated heterocycles. The molecule has 2 fully saturated rings. The van der Waals surface area contributed by atoms with E-state index in [-0.39, 0.29) is 5.91 Å². The van der Waals surface area contributed by atoms with E-state index in [1.807, 2.05) is 4.90 Å². The zero-order valence-electron chi connectivity index (χ0n) is 7.79. The Kier molecular flexibility index (Phi) is 1.83. The molecule has 3 nitrogen and oxygen atoms in total. The van der Waals surface area contributed by atoms with E-state index in [2.05, 4.69) is 11.9 Å². The van der Waals surface area contributed by atoms with E-state index in [4.69, 9.17) is 0 Å². The van der Waals surface area contributed by atoms with Crippen LogP contribution in [0.4, 0.5) is 0 Å². The van der Waals surface area contributed by atoms with Gasteiger partial charge in [0.15, 0.2) is 0 Å². The Hall–Kier alpha value is -0.570. The molecule has 0 N–H and O–H groups in total. The van der Waals surface area contributed by atoms with Crippen LogP contribution in [0.25, 0.3) is 0 Å². The SMILES string of the molecule is CC(=O)N1CC2CC1CN(C)C2. The van der Waals surface area contributed by atoms with E-state index >= 15 is 0 Å². The van der Waals surface area contributed by atoms with Gasteiger partial charge in [0.1, 0.15) is 0 Å². The number of likely N-dealkylation sites (tertiary alicyclic amines) is 2. The van der Waals surface area contributed by atoms with Crippen LogP contribution in [0.3, 0.4) is 0 Å². The number of piperidine rings is 1. The second-order valence-electron chi connectivity index (χ2n) is 4.15. The largest absolute Gasteiger partial charge is 0.338 e. The van der Waals surface area contributed by atoms with E-state index in [1.165, 1.54) is 13.0 Å². The first-order valence-corrected chi connectivity index (χ1v) is 4.62. The fourth-order valence-electron chi connectivity index (χ4n) is 2.58. The molecule has 2 aliphatic heterocycles. The fraction of sp³-hybridized carbons (Fsp3) is 0.889. The minimum Gasteiger partial charge on any atom is -0.338 e. The van der Waals surface area contributed by atoms with Crippen LogP contribution in [0, 0.1) is 5.92 Å². The van der Waals surface area contributed by atoms with Gasteiger partial charge in [0.2, 0.25) is 5.91 Å². The third-order valence-electron chi connectivity index (χ3n) is 3.00. The van der Waals surface area contributed by atoms with Crippen molar-refractivity contribution in [2.24, 2.45) is 5.92 Å². The molecule has 0 spiro atoms. The predicted octanol–water partition coefficient (Wildman–Crippen LogP) is 0.169. The van der Waals surface area contributed by atoms with Crippen LogP contribution >= 0.6 is 0 Å². The Morgan fingerprint density at radius 2 is 2.08 bits per heavy atom. The van der Waals surface area contributed by atoms with Crippen molar-refractivity contribution in [3.63, 3.8) is 0 Å². The highest BCUT2D eigenvalue weighted by Crippen LogP contribution is 2.28. The lowest BCUT2D eigenvalue weighted by Gasteiger charge is -2.29. The summed E-state index contributed by atoms with van der Waals surface area (Å²) in [6, 6.07) is 0.506. The summed E-state index contributed by atoms with van der Waals surface area (Å²) in [5.74, 6) is 0.982. The molecule has 2 unspecified atom stereocenters. The highest BCUT2D eigenvalue weighted by Gasteiger charge is 2.38. The summed E-state index contributed by atoms with van der Waals surface area (Å²) in [4.78, 5) is 15.6. The lowest BCUT2D eigenvalue weighted by Crippen LogP contribution is -2.41. The Labute approximate surface area is 73.3 Å². The number of nitrogens with zero attached hydrogens (tertiary/aromatic N) is 2. The third-order valence-corrected chi connectivity index (χ3v) is 3.00. The van der Waals surface area contributed by atoms with E-state index in [9.17, 15) is 4.79 Å². The third kappa shape index (κ3) is 1.22. The number of hydrogen-bond acceptors (Lipinski definition) is 2. The average Bonchev–Trinajstić information content (AvgIpc) is 2.26. The number of amides is 1. The molecule has 1 amide bonds. The van der Waals surface area contributed by atoms with Crippen LogP contribution in [-0.4, -0.2) is 48.4 Å². The van der Waals surface area contributed by atoms with Gasteiger partial charge in [-0.2, -0.15) is 0 Å². The van der Waals surface area contributed by atoms with Gasteiger partial charge in [0.05, 0.1) is 0 Å². The molecular weight excluding hydrogens is 152 g/mol. The number of carbonyl (C=O) groups is 1. The van der Waals surface area contributed by atoms with Gasteiger partial charge in [-0.05, 0) is 19.4 Å². The molecule has 3 heteroatoms. The van der Waals surface area contributed by atoms with Gasteiger partial charge in [0, 0.05) is 32.6 Å². The molecule has 2 rings (SSSR count). The van der Waals surface area contributed by atoms with Crippen molar-refractivity contribution in [2.45, 2.75) is 19.4 Å². The highest BCUT2D eigenvalue weighted by molar-refractivity contribution is 5.74. The molecule has 0 saturated carbocycles. The zero-order chi connectivity index (χ0) is 8.72. The van der Waals surface area contributed by atoms with E-state index in [0.29, 0.717) is 6.04 Å². The average molecular weight is 168 g/mol. The van der Waals surface area contributed by atoms with Crippen LogP contribution in [0.15, 0.2) is 0 Å². The maximum Gasteiger partial charge on any atom is 0.219 e. The maximum atomic E-state index is 11.2. The van der Waals surface area contributed by atoms with Gasteiger partial charge in [0.25, 0.3) is 0 Å². The number of hydrogen-bond donors (Lipinski definition) is 0. The monoisotopic (exact) mass is 168 g/mol. The fourth-order valence-corrected chi connectivity index (χ4v) is 2.58. The summed E-state index contributed by atoms with van der Waals surface area (Å²) < 4.78 is 0. The lowest BCUT2D eigenvalue weighted by atomic mass is 10.0. The van der Waals surface area contributed by atoms with Crippen LogP contribution in [0.5, 0.6) is 0 Å². The maximum absolute atomic E-state index is 11.2. The molecule has 0 radical (unpaired) electrons. The smallest absolute Gasteiger partial charge is 0.219 e. The molecular formula is C9H16N2O. The van der Waals surface area contributed by atoms with Gasteiger partial charge in [-0.3, -0.25) is 4.79 Å². The Balaban J connectivity index is 2.09. The van der Waals surface area contributed by atoms with E-state index in [0.717, 1.165) is 19.0 Å². The molecule has 2 bridgehead atoms. The van der Waals surface area contributed by atoms with Gasteiger partial charge < -0.3 is 9.80 Å². The number of carbonyl (C=O) groups excluding carboxylic acids is 1. The molecule has 2 aliphatic rings. The Bertz CT molecular complexity index is 205. The van der Waals surface area contributed by atoms with Crippen LogP contribution in [-0.2, 0) is 4.79 Å². The predicted molar refractivity (Wildman–Crippen MR) is 46.8 cm³/mol. The minimum absolute atomic E-state index is 0.248. The van der Waals surface area contributed by atoms with Crippen molar-refractivity contribution in [1.82, 2.24) is 9.80 Å². The molecule has 0 aliphatic carbocycles. The first-order chi connectivity index (χ1) is 5.66. The molecule has 2 atom stereocenters. The molecule has 68 valence electrons. The Morgan fingerprint density at radius 1 is 1.33 bits per heavy atom. The normalized spacial score (nSPS) is 35.7. The lowest BCUT2D eigenvalue weighted by molar-refractivity contribution is -0.129. The number of likely N-dealkylation sites (N-methyl/N-ethyl adjacent to an activating group) is 1. The summed E-state index contributed by atoms with van der Waals surface area (Å²) in [5, 5.41) is 0. The molecule has 0 aromatic rings. The van der Waals surface area contributed by atoms with Gasteiger partial charge in [-0.15, -0.1) is 0 Å². The van der Waals surface area contributed by atoms with Gasteiger partial charge in [-0.25, -0.2) is 0 Å². The van der Waals surface area contributed by atoms with E-state index in [1.54, 1.807) is 6.92 Å². The number of rotatable bonds is 0. The van der Waals surface area contributed by atoms with Crippen LogP contribution < -0.4 is 0 Å². The van der Waals surface area contributed by atoms with Crippen molar-refractivity contribution >= 4 is 5.91 Å². The number of fused-ring (bicyclic) bond motifs is 2.